The third-order valence-corrected chi connectivity index (χ3v) is 8.87. The van der Waals surface area contributed by atoms with Crippen molar-refractivity contribution in [3.8, 4) is 17.2 Å². The molecule has 0 aliphatic carbocycles. The highest BCUT2D eigenvalue weighted by Crippen LogP contribution is 2.28. The maximum atomic E-state index is 14.1. The first kappa shape index (κ1) is 33.1. The highest BCUT2D eigenvalue weighted by Gasteiger charge is 2.32. The number of methoxy groups -OCH3 is 1. The van der Waals surface area contributed by atoms with E-state index >= 15 is 0 Å². The maximum Gasteiger partial charge on any atom is 0.264 e. The Bertz CT molecular complexity index is 1650. The molecule has 0 aliphatic heterocycles. The van der Waals surface area contributed by atoms with E-state index in [1.807, 2.05) is 56.3 Å². The van der Waals surface area contributed by atoms with Gasteiger partial charge in [-0.15, -0.1) is 0 Å². The van der Waals surface area contributed by atoms with Crippen molar-refractivity contribution in [2.75, 3.05) is 24.5 Å². The van der Waals surface area contributed by atoms with Crippen LogP contribution in [0.15, 0.2) is 114 Å². The maximum absolute atomic E-state index is 14.1. The summed E-state index contributed by atoms with van der Waals surface area (Å²) in [7, 11) is -2.61. The number of hydrogen-bond acceptors (Lipinski definition) is 6. The molecular formula is C35H39N3O6S. The van der Waals surface area contributed by atoms with Gasteiger partial charge in [-0.2, -0.15) is 0 Å². The van der Waals surface area contributed by atoms with Gasteiger partial charge in [0.1, 0.15) is 29.8 Å². The Balaban J connectivity index is 1.67. The quantitative estimate of drug-likeness (QED) is 0.187. The largest absolute Gasteiger partial charge is 0.497 e. The molecule has 0 saturated heterocycles. The fourth-order valence-corrected chi connectivity index (χ4v) is 5.95. The molecular weight excluding hydrogens is 590 g/mol. The average molecular weight is 630 g/mol. The Hall–Kier alpha value is -4.83. The summed E-state index contributed by atoms with van der Waals surface area (Å²) in [4.78, 5) is 28.7. The van der Waals surface area contributed by atoms with Crippen LogP contribution >= 0.6 is 0 Å². The predicted molar refractivity (Wildman–Crippen MR) is 175 cm³/mol. The van der Waals surface area contributed by atoms with E-state index in [4.69, 9.17) is 9.47 Å². The van der Waals surface area contributed by atoms with Crippen molar-refractivity contribution in [3.63, 3.8) is 0 Å². The average Bonchev–Trinajstić information content (AvgIpc) is 3.06. The third-order valence-electron chi connectivity index (χ3n) is 7.08. The number of carbonyl (C=O) groups is 2. The van der Waals surface area contributed by atoms with Gasteiger partial charge in [0.15, 0.2) is 0 Å². The van der Waals surface area contributed by atoms with Gasteiger partial charge in [0.2, 0.25) is 11.8 Å². The van der Waals surface area contributed by atoms with Crippen molar-refractivity contribution in [3.05, 3.63) is 115 Å². The molecule has 0 spiro atoms. The highest BCUT2D eigenvalue weighted by molar-refractivity contribution is 7.92. The van der Waals surface area contributed by atoms with E-state index < -0.39 is 28.5 Å². The Morgan fingerprint density at radius 3 is 1.89 bits per heavy atom. The first-order valence-corrected chi connectivity index (χ1v) is 16.1. The van der Waals surface area contributed by atoms with E-state index in [-0.39, 0.29) is 29.0 Å². The monoisotopic (exact) mass is 629 g/mol. The van der Waals surface area contributed by atoms with Crippen LogP contribution in [0.4, 0.5) is 5.69 Å². The smallest absolute Gasteiger partial charge is 0.264 e. The summed E-state index contributed by atoms with van der Waals surface area (Å²) in [5, 5.41) is 2.89. The number of amides is 2. The zero-order chi connectivity index (χ0) is 32.4. The first-order valence-electron chi connectivity index (χ1n) is 14.7. The first-order chi connectivity index (χ1) is 21.6. The Labute approximate surface area is 265 Å². The van der Waals surface area contributed by atoms with E-state index in [1.165, 1.54) is 17.0 Å². The van der Waals surface area contributed by atoms with Gasteiger partial charge >= 0.3 is 0 Å². The SMILES string of the molecule is COc1ccc(CN(C(=O)CN(c2ccc(Oc3ccccc3)cc2)S(=O)(=O)c2ccccc2)C(C)C(=O)NCC(C)C)cc1. The number of nitrogens with one attached hydrogen (secondary N) is 1. The van der Waals surface area contributed by atoms with E-state index in [2.05, 4.69) is 5.32 Å². The van der Waals surface area contributed by atoms with Gasteiger partial charge in [0.05, 0.1) is 17.7 Å². The molecule has 2 amide bonds. The normalized spacial score (nSPS) is 11.8. The van der Waals surface area contributed by atoms with E-state index in [1.54, 1.807) is 68.6 Å². The fourth-order valence-electron chi connectivity index (χ4n) is 4.52. The minimum absolute atomic E-state index is 0.0341. The molecule has 0 bridgehead atoms. The van der Waals surface area contributed by atoms with Crippen LogP contribution in [0, 0.1) is 5.92 Å². The second-order valence-corrected chi connectivity index (χ2v) is 12.8. The molecule has 1 N–H and O–H groups in total. The van der Waals surface area contributed by atoms with Gasteiger partial charge in [0, 0.05) is 13.1 Å². The number of nitrogens with zero attached hydrogens (tertiary/aromatic N) is 2. The molecule has 4 rings (SSSR count). The van der Waals surface area contributed by atoms with Crippen molar-refractivity contribution in [1.29, 1.82) is 0 Å². The number of ether oxygens (including phenoxy) is 2. The Morgan fingerprint density at radius 1 is 0.756 bits per heavy atom. The lowest BCUT2D eigenvalue weighted by Gasteiger charge is -2.32. The lowest BCUT2D eigenvalue weighted by atomic mass is 10.1. The molecule has 4 aromatic carbocycles. The molecule has 1 atom stereocenters. The van der Waals surface area contributed by atoms with Crippen molar-refractivity contribution in [2.45, 2.75) is 38.3 Å². The molecule has 45 heavy (non-hydrogen) atoms. The van der Waals surface area contributed by atoms with Crippen LogP contribution in [0.2, 0.25) is 0 Å². The minimum atomic E-state index is -4.18. The molecule has 9 nitrogen and oxygen atoms in total. The van der Waals surface area contributed by atoms with Gasteiger partial charge in [0.25, 0.3) is 10.0 Å². The molecule has 1 unspecified atom stereocenters. The Morgan fingerprint density at radius 2 is 1.31 bits per heavy atom. The lowest BCUT2D eigenvalue weighted by molar-refractivity contribution is -0.139. The van der Waals surface area contributed by atoms with Crippen molar-refractivity contribution in [1.82, 2.24) is 10.2 Å². The number of sulfonamides is 1. The van der Waals surface area contributed by atoms with E-state index in [0.29, 0.717) is 23.8 Å². The standard InChI is InChI=1S/C35H39N3O6S/c1-26(2)23-36-35(40)27(3)37(24-28-15-19-30(43-4)20-16-28)34(39)25-38(45(41,42)33-13-9-6-10-14-33)29-17-21-32(22-18-29)44-31-11-7-5-8-12-31/h5-22,26-27H,23-25H2,1-4H3,(H,36,40). The molecule has 236 valence electrons. The lowest BCUT2D eigenvalue weighted by Crippen LogP contribution is -2.51. The van der Waals surface area contributed by atoms with Crippen LogP contribution in [0.3, 0.4) is 0 Å². The van der Waals surface area contributed by atoms with Crippen LogP contribution in [-0.4, -0.2) is 51.4 Å². The van der Waals surface area contributed by atoms with Crippen molar-refractivity contribution in [2.24, 2.45) is 5.92 Å². The summed E-state index contributed by atoms with van der Waals surface area (Å²) in [5.41, 5.74) is 1.03. The minimum Gasteiger partial charge on any atom is -0.497 e. The van der Waals surface area contributed by atoms with Crippen LogP contribution in [0.25, 0.3) is 0 Å². The predicted octanol–water partition coefficient (Wildman–Crippen LogP) is 5.87. The number of para-hydroxylation sites is 1. The number of anilines is 1. The van der Waals surface area contributed by atoms with Gasteiger partial charge in [-0.3, -0.25) is 13.9 Å². The molecule has 10 heteroatoms. The molecule has 0 fully saturated rings. The number of hydrogen-bond donors (Lipinski definition) is 1. The second kappa shape index (κ2) is 15.3. The van der Waals surface area contributed by atoms with Crippen LogP contribution in [0.1, 0.15) is 26.3 Å². The zero-order valence-corrected chi connectivity index (χ0v) is 26.7. The second-order valence-electron chi connectivity index (χ2n) is 10.9. The van der Waals surface area contributed by atoms with Crippen LogP contribution < -0.4 is 19.1 Å². The Kier molecular flexibility index (Phi) is 11.2. The number of benzene rings is 4. The van der Waals surface area contributed by atoms with E-state index in [0.717, 1.165) is 9.87 Å². The van der Waals surface area contributed by atoms with Crippen LogP contribution in [0.5, 0.6) is 17.2 Å². The van der Waals surface area contributed by atoms with Gasteiger partial charge in [-0.05, 0) is 79.1 Å². The summed E-state index contributed by atoms with van der Waals surface area (Å²) in [5.74, 6) is 1.14. The zero-order valence-electron chi connectivity index (χ0n) is 25.9. The van der Waals surface area contributed by atoms with Crippen molar-refractivity contribution >= 4 is 27.5 Å². The fraction of sp³-hybridized carbons (Fsp3) is 0.257. The number of carbonyl (C=O) groups excluding carboxylic acids is 2. The number of rotatable bonds is 14. The molecule has 0 aliphatic rings. The molecule has 0 heterocycles. The summed E-state index contributed by atoms with van der Waals surface area (Å²) in [6.45, 7) is 5.60. The van der Waals surface area contributed by atoms with Crippen molar-refractivity contribution < 1.29 is 27.5 Å². The molecule has 4 aromatic rings. The summed E-state index contributed by atoms with van der Waals surface area (Å²) in [6.07, 6.45) is 0. The van der Waals surface area contributed by atoms with Gasteiger partial charge in [-0.25, -0.2) is 8.42 Å². The third kappa shape index (κ3) is 8.86. The van der Waals surface area contributed by atoms with Gasteiger partial charge < -0.3 is 19.7 Å². The topological polar surface area (TPSA) is 105 Å². The molecule has 0 saturated carbocycles. The highest BCUT2D eigenvalue weighted by atomic mass is 32.2. The molecule has 0 radical (unpaired) electrons. The summed E-state index contributed by atoms with van der Waals surface area (Å²) < 4.78 is 40.2. The summed E-state index contributed by atoms with van der Waals surface area (Å²) >= 11 is 0. The van der Waals surface area contributed by atoms with Gasteiger partial charge in [-0.1, -0.05) is 62.4 Å². The van der Waals surface area contributed by atoms with Crippen LogP contribution in [-0.2, 0) is 26.2 Å². The molecule has 0 aromatic heterocycles. The summed E-state index contributed by atoms with van der Waals surface area (Å²) in [6, 6.07) is 29.9. The van der Waals surface area contributed by atoms with E-state index in [9.17, 15) is 18.0 Å².